The number of esters is 1. The van der Waals surface area contributed by atoms with Crippen molar-refractivity contribution < 1.29 is 19.4 Å². The van der Waals surface area contributed by atoms with Gasteiger partial charge in [-0.25, -0.2) is 4.79 Å². The summed E-state index contributed by atoms with van der Waals surface area (Å²) in [5, 5.41) is 19.8. The third kappa shape index (κ3) is 4.96. The van der Waals surface area contributed by atoms with Crippen molar-refractivity contribution in [2.45, 2.75) is 51.0 Å². The van der Waals surface area contributed by atoms with Gasteiger partial charge in [0.15, 0.2) is 12.2 Å². The van der Waals surface area contributed by atoms with Crippen molar-refractivity contribution in [1.82, 2.24) is 0 Å². The van der Waals surface area contributed by atoms with E-state index in [1.54, 1.807) is 18.2 Å². The molecule has 26 heavy (non-hydrogen) atoms. The maximum Gasteiger partial charge on any atom is 0.338 e. The minimum atomic E-state index is -1.49. The topological polar surface area (TPSA) is 90.6 Å². The normalized spacial score (nSPS) is 15.8. The molecule has 1 aromatic carbocycles. The van der Waals surface area contributed by atoms with Crippen molar-refractivity contribution in [1.29, 1.82) is 5.26 Å². The van der Waals surface area contributed by atoms with Crippen LogP contribution < -0.4 is 4.90 Å². The molecule has 1 fully saturated rings. The van der Waals surface area contributed by atoms with E-state index in [0.717, 1.165) is 24.8 Å². The highest BCUT2D eigenvalue weighted by atomic mass is 35.5. The van der Waals surface area contributed by atoms with E-state index >= 15 is 0 Å². The molecule has 0 saturated heterocycles. The summed E-state index contributed by atoms with van der Waals surface area (Å²) in [7, 11) is 0. The fourth-order valence-corrected chi connectivity index (χ4v) is 3.15. The Morgan fingerprint density at radius 1 is 1.35 bits per heavy atom. The van der Waals surface area contributed by atoms with Crippen LogP contribution in [0.4, 0.5) is 5.69 Å². The summed E-state index contributed by atoms with van der Waals surface area (Å²) in [4.78, 5) is 26.1. The molecule has 0 radical (unpaired) electrons. The molecule has 1 saturated carbocycles. The van der Waals surface area contributed by atoms with E-state index in [4.69, 9.17) is 21.6 Å². The van der Waals surface area contributed by atoms with Crippen molar-refractivity contribution in [3.05, 3.63) is 28.8 Å². The van der Waals surface area contributed by atoms with Gasteiger partial charge in [-0.2, -0.15) is 5.26 Å². The second kappa shape index (κ2) is 9.02. The Morgan fingerprint density at radius 2 is 2.04 bits per heavy atom. The number of nitrogens with zero attached hydrogens (tertiary/aromatic N) is 2. The van der Waals surface area contributed by atoms with Gasteiger partial charge < -0.3 is 14.7 Å². The Balaban J connectivity index is 2.05. The molecular weight excluding hydrogens is 356 g/mol. The van der Waals surface area contributed by atoms with E-state index in [0.29, 0.717) is 23.6 Å². The fraction of sp³-hybridized carbons (Fsp3) is 0.526. The van der Waals surface area contributed by atoms with Gasteiger partial charge in [-0.05, 0) is 56.4 Å². The van der Waals surface area contributed by atoms with Crippen molar-refractivity contribution in [3.63, 3.8) is 0 Å². The zero-order valence-corrected chi connectivity index (χ0v) is 15.6. The molecule has 1 aliphatic rings. The average Bonchev–Trinajstić information content (AvgIpc) is 2.63. The number of aliphatic hydroxyl groups is 1. The van der Waals surface area contributed by atoms with E-state index in [-0.39, 0.29) is 13.0 Å². The van der Waals surface area contributed by atoms with Crippen LogP contribution in [0.1, 0.15) is 44.1 Å². The third-order valence-electron chi connectivity index (χ3n) is 4.59. The molecule has 0 spiro atoms. The molecule has 0 atom stereocenters. The predicted octanol–water partition coefficient (Wildman–Crippen LogP) is 3.13. The number of hydrogen-bond acceptors (Lipinski definition) is 5. The number of nitriles is 1. The highest BCUT2D eigenvalue weighted by molar-refractivity contribution is 6.31. The lowest BCUT2D eigenvalue weighted by molar-refractivity contribution is -0.170. The highest BCUT2D eigenvalue weighted by Gasteiger charge is 2.39. The van der Waals surface area contributed by atoms with Crippen molar-refractivity contribution in [2.24, 2.45) is 0 Å². The van der Waals surface area contributed by atoms with Gasteiger partial charge in [-0.1, -0.05) is 18.0 Å². The van der Waals surface area contributed by atoms with Gasteiger partial charge in [0, 0.05) is 17.3 Å². The number of carbonyl (C=O) groups excluding carboxylic acids is 2. The molecule has 0 bridgehead atoms. The van der Waals surface area contributed by atoms with Crippen molar-refractivity contribution >= 4 is 29.2 Å². The summed E-state index contributed by atoms with van der Waals surface area (Å²) >= 11 is 6.02. The van der Waals surface area contributed by atoms with E-state index in [1.807, 2.05) is 13.0 Å². The second-order valence-electron chi connectivity index (χ2n) is 6.56. The maximum atomic E-state index is 12.6. The number of benzene rings is 1. The summed E-state index contributed by atoms with van der Waals surface area (Å²) in [5.74, 6) is -1.20. The van der Waals surface area contributed by atoms with Crippen molar-refractivity contribution in [2.75, 3.05) is 18.1 Å². The predicted molar refractivity (Wildman–Crippen MR) is 97.8 cm³/mol. The smallest absolute Gasteiger partial charge is 0.338 e. The molecule has 1 amide bonds. The number of ether oxygens (including phenoxy) is 1. The minimum Gasteiger partial charge on any atom is -0.453 e. The van der Waals surface area contributed by atoms with E-state index < -0.39 is 24.1 Å². The van der Waals surface area contributed by atoms with Crippen LogP contribution in [0.2, 0.25) is 5.02 Å². The summed E-state index contributed by atoms with van der Waals surface area (Å²) in [6.07, 6.45) is 3.36. The number of hydrogen-bond donors (Lipinski definition) is 1. The Labute approximate surface area is 158 Å². The second-order valence-corrected chi connectivity index (χ2v) is 6.96. The van der Waals surface area contributed by atoms with E-state index in [1.165, 1.54) is 4.90 Å². The monoisotopic (exact) mass is 378 g/mol. The van der Waals surface area contributed by atoms with Crippen LogP contribution in [-0.4, -0.2) is 35.7 Å². The van der Waals surface area contributed by atoms with Gasteiger partial charge in [-0.15, -0.1) is 0 Å². The molecule has 6 nitrogen and oxygen atoms in total. The van der Waals surface area contributed by atoms with Gasteiger partial charge in [-0.3, -0.25) is 4.79 Å². The fourth-order valence-electron chi connectivity index (χ4n) is 3.04. The quantitative estimate of drug-likeness (QED) is 0.768. The number of halogens is 1. The van der Waals surface area contributed by atoms with Crippen LogP contribution in [0.3, 0.4) is 0 Å². The van der Waals surface area contributed by atoms with Crippen LogP contribution in [0, 0.1) is 18.3 Å². The Bertz CT molecular complexity index is 708. The van der Waals surface area contributed by atoms with Gasteiger partial charge in [0.25, 0.3) is 5.91 Å². The molecule has 7 heteroatoms. The van der Waals surface area contributed by atoms with E-state index in [2.05, 4.69) is 0 Å². The van der Waals surface area contributed by atoms with Gasteiger partial charge >= 0.3 is 5.97 Å². The largest absolute Gasteiger partial charge is 0.453 e. The first kappa shape index (κ1) is 20.2. The molecular formula is C19H23ClN2O4. The third-order valence-corrected chi connectivity index (χ3v) is 5.01. The van der Waals surface area contributed by atoms with Gasteiger partial charge in [0.05, 0.1) is 12.5 Å². The number of aryl methyl sites for hydroxylation is 1. The first-order valence-electron chi connectivity index (χ1n) is 8.70. The molecule has 0 aromatic heterocycles. The zero-order valence-electron chi connectivity index (χ0n) is 14.8. The van der Waals surface area contributed by atoms with Gasteiger partial charge in [0.1, 0.15) is 0 Å². The zero-order chi connectivity index (χ0) is 19.2. The summed E-state index contributed by atoms with van der Waals surface area (Å²) < 4.78 is 5.09. The molecule has 1 aliphatic carbocycles. The van der Waals surface area contributed by atoms with Crippen LogP contribution in [0.15, 0.2) is 18.2 Å². The lowest BCUT2D eigenvalue weighted by Gasteiger charge is -2.30. The minimum absolute atomic E-state index is 0.144. The number of rotatable bonds is 6. The van der Waals surface area contributed by atoms with Crippen LogP contribution in [-0.2, 0) is 14.3 Å². The Kier molecular flexibility index (Phi) is 7.01. The Hall–Kier alpha value is -2.10. The first-order chi connectivity index (χ1) is 12.4. The SMILES string of the molecule is Cc1cc(N(CCC#N)C(=O)COC(=O)C2(O)CCCCC2)ccc1Cl. The van der Waals surface area contributed by atoms with Crippen molar-refractivity contribution in [3.8, 4) is 6.07 Å². The van der Waals surface area contributed by atoms with Gasteiger partial charge in [0.2, 0.25) is 0 Å². The summed E-state index contributed by atoms with van der Waals surface area (Å²) in [5.41, 5.74) is -0.112. The number of carbonyl (C=O) groups is 2. The molecule has 1 aromatic rings. The van der Waals surface area contributed by atoms with E-state index in [9.17, 15) is 14.7 Å². The highest BCUT2D eigenvalue weighted by Crippen LogP contribution is 2.29. The molecule has 0 aliphatic heterocycles. The molecule has 140 valence electrons. The average molecular weight is 379 g/mol. The van der Waals surface area contributed by atoms with Crippen LogP contribution in [0.5, 0.6) is 0 Å². The first-order valence-corrected chi connectivity index (χ1v) is 9.08. The number of amides is 1. The maximum absolute atomic E-state index is 12.6. The van der Waals surface area contributed by atoms with Crippen LogP contribution in [0.25, 0.3) is 0 Å². The lowest BCUT2D eigenvalue weighted by Crippen LogP contribution is -2.44. The standard InChI is InChI=1S/C19H23ClN2O4/c1-14-12-15(6-7-16(14)20)22(11-5-10-21)17(23)13-26-18(24)19(25)8-3-2-4-9-19/h6-7,12,25H,2-5,8-9,11,13H2,1H3. The van der Waals surface area contributed by atoms with Crippen LogP contribution >= 0.6 is 11.6 Å². The molecule has 1 N–H and O–H groups in total. The molecule has 2 rings (SSSR count). The Morgan fingerprint density at radius 3 is 2.65 bits per heavy atom. The lowest BCUT2D eigenvalue weighted by atomic mass is 9.85. The summed E-state index contributed by atoms with van der Waals surface area (Å²) in [6, 6.07) is 7.11. The number of anilines is 1. The molecule has 0 unspecified atom stereocenters. The molecule has 0 heterocycles. The summed E-state index contributed by atoms with van der Waals surface area (Å²) in [6.45, 7) is 1.52.